The Labute approximate surface area is 94.3 Å². The summed E-state index contributed by atoms with van der Waals surface area (Å²) in [5.41, 5.74) is 0.686. The molecule has 0 fully saturated rings. The van der Waals surface area contributed by atoms with Gasteiger partial charge in [-0.3, -0.25) is 0 Å². The van der Waals surface area contributed by atoms with Crippen LogP contribution in [0.15, 0.2) is 34.5 Å². The normalized spacial score (nSPS) is 16.8. The standard InChI is InChI=1S/C10H13NO4S/c1-15-9-7-8(5-6-12)3-2-4-10(9)16(11,13)14/h2-3,6-7H,4-5H2,1H3,(H2,11,13,14). The second kappa shape index (κ2) is 5.09. The monoisotopic (exact) mass is 243 g/mol. The van der Waals surface area contributed by atoms with E-state index in [0.717, 1.165) is 6.29 Å². The lowest BCUT2D eigenvalue weighted by atomic mass is 10.2. The van der Waals surface area contributed by atoms with E-state index in [1.54, 1.807) is 12.2 Å². The van der Waals surface area contributed by atoms with E-state index in [9.17, 15) is 13.2 Å². The van der Waals surface area contributed by atoms with E-state index in [-0.39, 0.29) is 23.5 Å². The quantitative estimate of drug-likeness (QED) is 0.733. The third-order valence-corrected chi connectivity index (χ3v) is 3.16. The van der Waals surface area contributed by atoms with E-state index in [1.165, 1.54) is 13.2 Å². The Bertz CT molecular complexity index is 471. The highest BCUT2D eigenvalue weighted by Crippen LogP contribution is 2.22. The highest BCUT2D eigenvalue weighted by Gasteiger charge is 2.18. The molecule has 0 aromatic carbocycles. The first-order valence-electron chi connectivity index (χ1n) is 4.59. The van der Waals surface area contributed by atoms with Gasteiger partial charge in [-0.1, -0.05) is 12.2 Å². The van der Waals surface area contributed by atoms with Gasteiger partial charge in [-0.25, -0.2) is 13.6 Å². The van der Waals surface area contributed by atoms with Gasteiger partial charge in [0.05, 0.1) is 7.11 Å². The van der Waals surface area contributed by atoms with Crippen LogP contribution in [0.5, 0.6) is 0 Å². The van der Waals surface area contributed by atoms with Crippen molar-refractivity contribution < 1.29 is 17.9 Å². The van der Waals surface area contributed by atoms with Crippen molar-refractivity contribution in [2.75, 3.05) is 7.11 Å². The van der Waals surface area contributed by atoms with Crippen molar-refractivity contribution in [3.05, 3.63) is 34.5 Å². The number of carbonyl (C=O) groups excluding carboxylic acids is 1. The maximum absolute atomic E-state index is 11.3. The van der Waals surface area contributed by atoms with E-state index in [2.05, 4.69) is 0 Å². The van der Waals surface area contributed by atoms with E-state index in [0.29, 0.717) is 5.57 Å². The average Bonchev–Trinajstić information content (AvgIpc) is 2.39. The van der Waals surface area contributed by atoms with Gasteiger partial charge >= 0.3 is 0 Å². The van der Waals surface area contributed by atoms with Gasteiger partial charge in [0.2, 0.25) is 10.0 Å². The summed E-state index contributed by atoms with van der Waals surface area (Å²) >= 11 is 0. The molecule has 0 amide bonds. The van der Waals surface area contributed by atoms with Gasteiger partial charge in [-0.15, -0.1) is 0 Å². The maximum atomic E-state index is 11.3. The zero-order valence-corrected chi connectivity index (χ0v) is 9.66. The first kappa shape index (κ1) is 12.7. The fourth-order valence-corrected chi connectivity index (χ4v) is 2.12. The second-order valence-electron chi connectivity index (χ2n) is 3.23. The smallest absolute Gasteiger partial charge is 0.238 e. The predicted octanol–water partition coefficient (Wildman–Crippen LogP) is 0.608. The molecule has 5 nitrogen and oxygen atoms in total. The lowest BCUT2D eigenvalue weighted by Gasteiger charge is -2.07. The molecule has 0 heterocycles. The molecule has 1 aliphatic carbocycles. The molecular weight excluding hydrogens is 230 g/mol. The molecule has 0 saturated carbocycles. The van der Waals surface area contributed by atoms with Crippen LogP contribution >= 0.6 is 0 Å². The van der Waals surface area contributed by atoms with Crippen molar-refractivity contribution >= 4 is 16.3 Å². The van der Waals surface area contributed by atoms with Crippen molar-refractivity contribution in [3.8, 4) is 0 Å². The van der Waals surface area contributed by atoms with Crippen LogP contribution < -0.4 is 5.14 Å². The second-order valence-corrected chi connectivity index (χ2v) is 4.82. The largest absolute Gasteiger partial charge is 0.496 e. The highest BCUT2D eigenvalue weighted by molar-refractivity contribution is 7.93. The Morgan fingerprint density at radius 3 is 2.75 bits per heavy atom. The SMILES string of the molecule is COC1=C(S(N)(=O)=O)CC=CC(CC=O)=C1. The topological polar surface area (TPSA) is 86.5 Å². The molecule has 0 aromatic heterocycles. The van der Waals surface area contributed by atoms with Crippen molar-refractivity contribution in [3.63, 3.8) is 0 Å². The molecule has 0 radical (unpaired) electrons. The number of rotatable bonds is 4. The third kappa shape index (κ3) is 3.04. The van der Waals surface area contributed by atoms with Crippen LogP contribution in [0.2, 0.25) is 0 Å². The Hall–Kier alpha value is -1.40. The maximum Gasteiger partial charge on any atom is 0.238 e. The minimum Gasteiger partial charge on any atom is -0.496 e. The molecule has 16 heavy (non-hydrogen) atoms. The van der Waals surface area contributed by atoms with Gasteiger partial charge in [0, 0.05) is 12.8 Å². The van der Waals surface area contributed by atoms with Crippen LogP contribution in [0.25, 0.3) is 0 Å². The number of allylic oxidation sites excluding steroid dienone is 5. The third-order valence-electron chi connectivity index (χ3n) is 2.11. The van der Waals surface area contributed by atoms with E-state index in [1.807, 2.05) is 0 Å². The van der Waals surface area contributed by atoms with Crippen molar-refractivity contribution in [1.29, 1.82) is 0 Å². The molecule has 2 N–H and O–H groups in total. The number of hydrogen-bond acceptors (Lipinski definition) is 4. The molecule has 0 saturated heterocycles. The molecule has 0 unspecified atom stereocenters. The number of carbonyl (C=O) groups is 1. The summed E-state index contributed by atoms with van der Waals surface area (Å²) in [7, 11) is -2.42. The fraction of sp³-hybridized carbons (Fsp3) is 0.300. The molecule has 0 aromatic rings. The molecule has 0 spiro atoms. The zero-order chi connectivity index (χ0) is 12.2. The number of methoxy groups -OCH3 is 1. The number of nitrogens with two attached hydrogens (primary N) is 1. The molecule has 88 valence electrons. The fourth-order valence-electron chi connectivity index (χ4n) is 1.37. The summed E-state index contributed by atoms with van der Waals surface area (Å²) in [5, 5.41) is 5.07. The van der Waals surface area contributed by atoms with Gasteiger partial charge in [-0.2, -0.15) is 0 Å². The van der Waals surface area contributed by atoms with E-state index in [4.69, 9.17) is 9.88 Å². The van der Waals surface area contributed by atoms with Gasteiger partial charge in [0.25, 0.3) is 0 Å². The predicted molar refractivity (Wildman–Crippen MR) is 59.7 cm³/mol. The van der Waals surface area contributed by atoms with Crippen LogP contribution in [0, 0.1) is 0 Å². The Morgan fingerprint density at radius 2 is 2.25 bits per heavy atom. The molecule has 1 aliphatic rings. The number of primary sulfonamides is 1. The van der Waals surface area contributed by atoms with Crippen molar-refractivity contribution in [1.82, 2.24) is 0 Å². The Kier molecular flexibility index (Phi) is 4.03. The van der Waals surface area contributed by atoms with E-state index < -0.39 is 10.0 Å². The molecule has 0 bridgehead atoms. The van der Waals surface area contributed by atoms with Crippen LogP contribution in [0.1, 0.15) is 12.8 Å². The summed E-state index contributed by atoms with van der Waals surface area (Å²) in [6, 6.07) is 0. The lowest BCUT2D eigenvalue weighted by molar-refractivity contribution is -0.107. The first-order valence-corrected chi connectivity index (χ1v) is 6.14. The number of sulfonamides is 1. The summed E-state index contributed by atoms with van der Waals surface area (Å²) in [5.74, 6) is 0.185. The highest BCUT2D eigenvalue weighted by atomic mass is 32.2. The van der Waals surface area contributed by atoms with E-state index >= 15 is 0 Å². The molecule has 1 rings (SSSR count). The van der Waals surface area contributed by atoms with Crippen molar-refractivity contribution in [2.24, 2.45) is 5.14 Å². The number of aldehydes is 1. The van der Waals surface area contributed by atoms with Gasteiger partial charge in [0.15, 0.2) is 0 Å². The summed E-state index contributed by atoms with van der Waals surface area (Å²) in [4.78, 5) is 10.4. The number of hydrogen-bond donors (Lipinski definition) is 1. The van der Waals surface area contributed by atoms with Crippen molar-refractivity contribution in [2.45, 2.75) is 12.8 Å². The average molecular weight is 243 g/mol. The van der Waals surface area contributed by atoms with Crippen LogP contribution in [0.4, 0.5) is 0 Å². The Morgan fingerprint density at radius 1 is 1.56 bits per heavy atom. The molecule has 0 aliphatic heterocycles. The van der Waals surface area contributed by atoms with Crippen LogP contribution in [0.3, 0.4) is 0 Å². The Balaban J connectivity index is 3.25. The number of ether oxygens (including phenoxy) is 1. The summed E-state index contributed by atoms with van der Waals surface area (Å²) < 4.78 is 27.5. The van der Waals surface area contributed by atoms with Gasteiger partial charge in [0.1, 0.15) is 17.0 Å². The first-order chi connectivity index (χ1) is 7.49. The zero-order valence-electron chi connectivity index (χ0n) is 8.84. The molecular formula is C10H13NO4S. The summed E-state index contributed by atoms with van der Waals surface area (Å²) in [6.07, 6.45) is 5.96. The minimum absolute atomic E-state index is 0.0205. The van der Waals surface area contributed by atoms with Crippen LogP contribution in [-0.2, 0) is 19.6 Å². The minimum atomic E-state index is -3.78. The lowest BCUT2D eigenvalue weighted by Crippen LogP contribution is -2.16. The summed E-state index contributed by atoms with van der Waals surface area (Å²) in [6.45, 7) is 0. The molecule has 6 heteroatoms. The molecule has 0 atom stereocenters. The van der Waals surface area contributed by atoms with Gasteiger partial charge in [-0.05, 0) is 11.6 Å². The van der Waals surface area contributed by atoms with Crippen LogP contribution in [-0.4, -0.2) is 21.8 Å². The van der Waals surface area contributed by atoms with Gasteiger partial charge < -0.3 is 9.53 Å².